The van der Waals surface area contributed by atoms with E-state index in [2.05, 4.69) is 17.9 Å². The average molecular weight is 307 g/mol. The van der Waals surface area contributed by atoms with E-state index in [0.717, 1.165) is 18.4 Å². The molecule has 0 saturated heterocycles. The van der Waals surface area contributed by atoms with Gasteiger partial charge in [-0.05, 0) is 24.8 Å². The first-order chi connectivity index (χ1) is 10.3. The highest BCUT2D eigenvalue weighted by Crippen LogP contribution is 2.19. The molecule has 0 spiro atoms. The molecule has 1 fully saturated rings. The van der Waals surface area contributed by atoms with Crippen molar-refractivity contribution in [3.63, 3.8) is 0 Å². The fourth-order valence-corrected chi connectivity index (χ4v) is 2.98. The molecular weight excluding hydrogens is 282 g/mol. The van der Waals surface area contributed by atoms with Crippen LogP contribution in [0.1, 0.15) is 37.7 Å². The minimum atomic E-state index is -0.304. The van der Waals surface area contributed by atoms with E-state index in [1.54, 1.807) is 0 Å². The second-order valence-corrected chi connectivity index (χ2v) is 6.25. The number of amides is 1. The van der Waals surface area contributed by atoms with Crippen LogP contribution in [0.2, 0.25) is 0 Å². The summed E-state index contributed by atoms with van der Waals surface area (Å²) >= 11 is 4.39. The number of rotatable bonds is 7. The third-order valence-electron chi connectivity index (χ3n) is 3.88. The molecule has 1 aromatic carbocycles. The molecular formula is C17H25NO2S. The van der Waals surface area contributed by atoms with Gasteiger partial charge in [0.05, 0.1) is 18.0 Å². The monoisotopic (exact) mass is 307 g/mol. The van der Waals surface area contributed by atoms with Crippen LogP contribution in [-0.2, 0) is 16.0 Å². The van der Waals surface area contributed by atoms with Crippen molar-refractivity contribution < 1.29 is 9.53 Å². The zero-order valence-corrected chi connectivity index (χ0v) is 13.4. The molecule has 0 bridgehead atoms. The van der Waals surface area contributed by atoms with Crippen LogP contribution < -0.4 is 5.32 Å². The maximum absolute atomic E-state index is 12.0. The lowest BCUT2D eigenvalue weighted by atomic mass is 9.98. The molecule has 3 nitrogen and oxygen atoms in total. The van der Waals surface area contributed by atoms with E-state index in [-0.39, 0.29) is 11.2 Å². The first-order valence-corrected chi connectivity index (χ1v) is 8.38. The Morgan fingerprint density at radius 1 is 1.24 bits per heavy atom. The van der Waals surface area contributed by atoms with E-state index >= 15 is 0 Å². The summed E-state index contributed by atoms with van der Waals surface area (Å²) in [5.74, 6) is -0.0190. The summed E-state index contributed by atoms with van der Waals surface area (Å²) in [6, 6.07) is 9.96. The van der Waals surface area contributed by atoms with Crippen molar-refractivity contribution in [3.05, 3.63) is 35.9 Å². The van der Waals surface area contributed by atoms with Crippen molar-refractivity contribution in [2.45, 2.75) is 49.9 Å². The molecule has 0 aromatic heterocycles. The largest absolute Gasteiger partial charge is 0.376 e. The highest BCUT2D eigenvalue weighted by atomic mass is 32.1. The summed E-state index contributed by atoms with van der Waals surface area (Å²) in [6.45, 7) is 1.17. The molecule has 1 aliphatic rings. The number of benzene rings is 1. The van der Waals surface area contributed by atoms with E-state index in [9.17, 15) is 4.79 Å². The molecule has 4 heteroatoms. The lowest BCUT2D eigenvalue weighted by molar-refractivity contribution is -0.120. The van der Waals surface area contributed by atoms with Crippen LogP contribution in [0.15, 0.2) is 30.3 Å². The Kier molecular flexibility index (Phi) is 7.10. The Hall–Kier alpha value is -1.00. The number of carbonyl (C=O) groups is 1. The van der Waals surface area contributed by atoms with Gasteiger partial charge >= 0.3 is 0 Å². The Bertz CT molecular complexity index is 418. The Balaban J connectivity index is 1.60. The van der Waals surface area contributed by atoms with Gasteiger partial charge in [0.1, 0.15) is 0 Å². The first-order valence-electron chi connectivity index (χ1n) is 7.87. The molecule has 1 amide bonds. The molecule has 21 heavy (non-hydrogen) atoms. The SMILES string of the molecule is O=C(NCCOC1CCCCC1)C(S)Cc1ccccc1. The number of nitrogens with one attached hydrogen (secondary N) is 1. The average Bonchev–Trinajstić information content (AvgIpc) is 2.53. The van der Waals surface area contributed by atoms with Crippen LogP contribution in [0.25, 0.3) is 0 Å². The smallest absolute Gasteiger partial charge is 0.233 e. The van der Waals surface area contributed by atoms with Gasteiger partial charge in [-0.2, -0.15) is 12.6 Å². The van der Waals surface area contributed by atoms with E-state index in [1.807, 2.05) is 30.3 Å². The van der Waals surface area contributed by atoms with Crippen LogP contribution in [0.5, 0.6) is 0 Å². The predicted molar refractivity (Wildman–Crippen MR) is 88.8 cm³/mol. The number of ether oxygens (including phenoxy) is 1. The lowest BCUT2D eigenvalue weighted by Crippen LogP contribution is -2.35. The summed E-state index contributed by atoms with van der Waals surface area (Å²) in [5, 5.41) is 2.60. The molecule has 0 aliphatic heterocycles. The third kappa shape index (κ3) is 6.10. The van der Waals surface area contributed by atoms with Gasteiger partial charge in [-0.25, -0.2) is 0 Å². The van der Waals surface area contributed by atoms with Gasteiger partial charge in [0.15, 0.2) is 0 Å². The van der Waals surface area contributed by atoms with Gasteiger partial charge in [-0.15, -0.1) is 0 Å². The molecule has 1 saturated carbocycles. The standard InChI is InChI=1S/C17H25NO2S/c19-17(16(21)13-14-7-3-1-4-8-14)18-11-12-20-15-9-5-2-6-10-15/h1,3-4,7-8,15-16,21H,2,5-6,9-13H2,(H,18,19). The van der Waals surface area contributed by atoms with E-state index in [1.165, 1.54) is 19.3 Å². The topological polar surface area (TPSA) is 38.3 Å². The molecule has 0 radical (unpaired) electrons. The van der Waals surface area contributed by atoms with Gasteiger partial charge < -0.3 is 10.1 Å². The Labute approximate surface area is 132 Å². The minimum Gasteiger partial charge on any atom is -0.376 e. The van der Waals surface area contributed by atoms with Crippen LogP contribution in [0, 0.1) is 0 Å². The van der Waals surface area contributed by atoms with E-state index < -0.39 is 0 Å². The van der Waals surface area contributed by atoms with Gasteiger partial charge in [0.2, 0.25) is 5.91 Å². The Morgan fingerprint density at radius 2 is 1.95 bits per heavy atom. The quantitative estimate of drug-likeness (QED) is 0.600. The van der Waals surface area contributed by atoms with Crippen molar-refractivity contribution in [2.24, 2.45) is 0 Å². The number of thiol groups is 1. The predicted octanol–water partition coefficient (Wildman–Crippen LogP) is 2.99. The highest BCUT2D eigenvalue weighted by Gasteiger charge is 2.15. The fourth-order valence-electron chi connectivity index (χ4n) is 2.68. The van der Waals surface area contributed by atoms with Crippen LogP contribution in [0.3, 0.4) is 0 Å². The third-order valence-corrected chi connectivity index (χ3v) is 4.30. The zero-order valence-electron chi connectivity index (χ0n) is 12.5. The number of hydrogen-bond acceptors (Lipinski definition) is 3. The number of carbonyl (C=O) groups excluding carboxylic acids is 1. The lowest BCUT2D eigenvalue weighted by Gasteiger charge is -2.22. The summed E-state index contributed by atoms with van der Waals surface area (Å²) in [4.78, 5) is 12.0. The Morgan fingerprint density at radius 3 is 2.67 bits per heavy atom. The second-order valence-electron chi connectivity index (χ2n) is 5.63. The summed E-state index contributed by atoms with van der Waals surface area (Å²) in [7, 11) is 0. The van der Waals surface area contributed by atoms with Gasteiger partial charge in [0, 0.05) is 6.54 Å². The maximum Gasteiger partial charge on any atom is 0.233 e. The molecule has 1 N–H and O–H groups in total. The summed E-state index contributed by atoms with van der Waals surface area (Å²) < 4.78 is 5.79. The normalized spacial score (nSPS) is 17.4. The van der Waals surface area contributed by atoms with Crippen molar-refractivity contribution >= 4 is 18.5 Å². The van der Waals surface area contributed by atoms with Crippen molar-refractivity contribution in [2.75, 3.05) is 13.2 Å². The summed E-state index contributed by atoms with van der Waals surface area (Å²) in [6.07, 6.45) is 7.25. The van der Waals surface area contributed by atoms with Gasteiger partial charge in [-0.1, -0.05) is 49.6 Å². The molecule has 1 unspecified atom stereocenters. The molecule has 116 valence electrons. The zero-order chi connectivity index (χ0) is 14.9. The molecule has 2 rings (SSSR count). The minimum absolute atomic E-state index is 0.0190. The van der Waals surface area contributed by atoms with Crippen molar-refractivity contribution in [3.8, 4) is 0 Å². The summed E-state index contributed by atoms with van der Waals surface area (Å²) in [5.41, 5.74) is 1.13. The van der Waals surface area contributed by atoms with Gasteiger partial charge in [0.25, 0.3) is 0 Å². The van der Waals surface area contributed by atoms with E-state index in [0.29, 0.717) is 25.7 Å². The highest BCUT2D eigenvalue weighted by molar-refractivity contribution is 7.81. The van der Waals surface area contributed by atoms with Crippen molar-refractivity contribution in [1.82, 2.24) is 5.32 Å². The van der Waals surface area contributed by atoms with Gasteiger partial charge in [-0.3, -0.25) is 4.79 Å². The molecule has 0 heterocycles. The van der Waals surface area contributed by atoms with Crippen molar-refractivity contribution in [1.29, 1.82) is 0 Å². The first kappa shape index (κ1) is 16.4. The maximum atomic E-state index is 12.0. The molecule has 1 aliphatic carbocycles. The second kappa shape index (κ2) is 9.11. The van der Waals surface area contributed by atoms with Crippen LogP contribution in [-0.4, -0.2) is 30.4 Å². The van der Waals surface area contributed by atoms with E-state index in [4.69, 9.17) is 4.74 Å². The van der Waals surface area contributed by atoms with Crippen LogP contribution in [0.4, 0.5) is 0 Å². The number of hydrogen-bond donors (Lipinski definition) is 2. The van der Waals surface area contributed by atoms with Crippen LogP contribution >= 0.6 is 12.6 Å². The molecule has 1 atom stereocenters. The fraction of sp³-hybridized carbons (Fsp3) is 0.588. The molecule has 1 aromatic rings.